The first kappa shape index (κ1) is 15.7. The number of methoxy groups -OCH3 is 1. The highest BCUT2D eigenvalue weighted by Crippen LogP contribution is 2.38. The SMILES string of the molecule is C.CCCc1ncc2n1CCc1c-2n(C)c2ccc(OC)cc12. The maximum atomic E-state index is 5.40. The molecule has 3 heterocycles. The van der Waals surface area contributed by atoms with Crippen LogP contribution in [0.25, 0.3) is 22.3 Å². The normalized spacial score (nSPS) is 12.7. The van der Waals surface area contributed by atoms with Crippen LogP contribution in [0.15, 0.2) is 24.4 Å². The third-order valence-corrected chi connectivity index (χ3v) is 4.75. The summed E-state index contributed by atoms with van der Waals surface area (Å²) in [7, 11) is 3.87. The molecule has 4 nitrogen and oxygen atoms in total. The summed E-state index contributed by atoms with van der Waals surface area (Å²) in [5, 5.41) is 1.31. The molecule has 4 rings (SSSR count). The number of nitrogens with zero attached hydrogens (tertiary/aromatic N) is 3. The minimum atomic E-state index is 0. The Balaban J connectivity index is 0.00000156. The molecule has 0 saturated carbocycles. The van der Waals surface area contributed by atoms with Crippen molar-refractivity contribution in [3.63, 3.8) is 0 Å². The highest BCUT2D eigenvalue weighted by atomic mass is 16.5. The molecule has 1 aliphatic rings. The van der Waals surface area contributed by atoms with Gasteiger partial charge in [0.1, 0.15) is 11.6 Å². The van der Waals surface area contributed by atoms with Gasteiger partial charge in [-0.3, -0.25) is 0 Å². The number of benzene rings is 1. The van der Waals surface area contributed by atoms with Crippen LogP contribution < -0.4 is 4.74 Å². The number of hydrogen-bond acceptors (Lipinski definition) is 2. The van der Waals surface area contributed by atoms with Gasteiger partial charge in [-0.25, -0.2) is 4.98 Å². The van der Waals surface area contributed by atoms with E-state index in [9.17, 15) is 0 Å². The molecule has 122 valence electrons. The van der Waals surface area contributed by atoms with Gasteiger partial charge in [0, 0.05) is 30.9 Å². The van der Waals surface area contributed by atoms with Crippen LogP contribution in [0.2, 0.25) is 0 Å². The van der Waals surface area contributed by atoms with Gasteiger partial charge >= 0.3 is 0 Å². The first-order chi connectivity index (χ1) is 10.7. The molecule has 1 aromatic carbocycles. The van der Waals surface area contributed by atoms with Crippen LogP contribution in [0, 0.1) is 0 Å². The molecule has 0 aliphatic carbocycles. The number of rotatable bonds is 3. The fourth-order valence-electron chi connectivity index (χ4n) is 3.71. The smallest absolute Gasteiger partial charge is 0.119 e. The standard InChI is InChI=1S/C18H21N3O.CH4/c1-4-5-17-19-11-16-18-13(8-9-21(16)17)14-10-12(22-3)6-7-15(14)20(18)2;/h6-7,10-11H,4-5,8-9H2,1-3H3;1H4. The Morgan fingerprint density at radius 1 is 1.30 bits per heavy atom. The molecule has 2 aromatic heterocycles. The first-order valence-electron chi connectivity index (χ1n) is 7.94. The Morgan fingerprint density at radius 2 is 2.13 bits per heavy atom. The minimum Gasteiger partial charge on any atom is -0.497 e. The molecule has 0 bridgehead atoms. The van der Waals surface area contributed by atoms with Crippen LogP contribution in [0.4, 0.5) is 0 Å². The van der Waals surface area contributed by atoms with E-state index in [2.05, 4.69) is 40.2 Å². The second-order valence-corrected chi connectivity index (χ2v) is 5.98. The van der Waals surface area contributed by atoms with Crippen LogP contribution >= 0.6 is 0 Å². The monoisotopic (exact) mass is 311 g/mol. The third kappa shape index (κ3) is 2.16. The summed E-state index contributed by atoms with van der Waals surface area (Å²) in [6.07, 6.45) is 5.28. The summed E-state index contributed by atoms with van der Waals surface area (Å²) in [5.74, 6) is 2.14. The lowest BCUT2D eigenvalue weighted by molar-refractivity contribution is 0.415. The third-order valence-electron chi connectivity index (χ3n) is 4.75. The molecular weight excluding hydrogens is 286 g/mol. The van der Waals surface area contributed by atoms with E-state index >= 15 is 0 Å². The van der Waals surface area contributed by atoms with E-state index in [1.54, 1.807) is 7.11 Å². The Labute approximate surface area is 137 Å². The van der Waals surface area contributed by atoms with Gasteiger partial charge in [0.05, 0.1) is 24.7 Å². The number of fused-ring (bicyclic) bond motifs is 5. The molecule has 4 heteroatoms. The molecule has 0 fully saturated rings. The Bertz CT molecular complexity index is 857. The lowest BCUT2D eigenvalue weighted by Crippen LogP contribution is -2.14. The van der Waals surface area contributed by atoms with Crippen molar-refractivity contribution in [2.75, 3.05) is 7.11 Å². The Hall–Kier alpha value is -2.23. The summed E-state index contributed by atoms with van der Waals surface area (Å²) >= 11 is 0. The summed E-state index contributed by atoms with van der Waals surface area (Å²) in [6.45, 7) is 3.23. The number of imidazole rings is 1. The molecule has 0 radical (unpaired) electrons. The fourth-order valence-corrected chi connectivity index (χ4v) is 3.71. The van der Waals surface area contributed by atoms with Crippen molar-refractivity contribution < 1.29 is 4.74 Å². The van der Waals surface area contributed by atoms with Crippen LogP contribution in [-0.2, 0) is 26.4 Å². The van der Waals surface area contributed by atoms with E-state index in [0.29, 0.717) is 0 Å². The van der Waals surface area contributed by atoms with Crippen molar-refractivity contribution >= 4 is 10.9 Å². The molecule has 0 amide bonds. The average Bonchev–Trinajstić information content (AvgIpc) is 3.07. The van der Waals surface area contributed by atoms with Gasteiger partial charge in [-0.05, 0) is 36.6 Å². The summed E-state index contributed by atoms with van der Waals surface area (Å²) in [4.78, 5) is 4.66. The number of aryl methyl sites for hydroxylation is 3. The largest absolute Gasteiger partial charge is 0.497 e. The Kier molecular flexibility index (Phi) is 3.92. The van der Waals surface area contributed by atoms with Gasteiger partial charge < -0.3 is 13.9 Å². The summed E-state index contributed by atoms with van der Waals surface area (Å²) in [6, 6.07) is 6.35. The molecule has 0 spiro atoms. The quantitative estimate of drug-likeness (QED) is 0.726. The van der Waals surface area contributed by atoms with Crippen molar-refractivity contribution in [1.29, 1.82) is 0 Å². The van der Waals surface area contributed by atoms with Gasteiger partial charge in [0.15, 0.2) is 0 Å². The topological polar surface area (TPSA) is 32.0 Å². The minimum absolute atomic E-state index is 0. The molecular formula is C19H25N3O. The highest BCUT2D eigenvalue weighted by Gasteiger charge is 2.25. The van der Waals surface area contributed by atoms with E-state index in [1.165, 1.54) is 33.7 Å². The lowest BCUT2D eigenvalue weighted by Gasteiger charge is -2.19. The molecule has 0 N–H and O–H groups in total. The van der Waals surface area contributed by atoms with Crippen molar-refractivity contribution in [1.82, 2.24) is 14.1 Å². The van der Waals surface area contributed by atoms with E-state index in [4.69, 9.17) is 4.74 Å². The van der Waals surface area contributed by atoms with Crippen LogP contribution in [0.3, 0.4) is 0 Å². The number of ether oxygens (including phenoxy) is 1. The van der Waals surface area contributed by atoms with Crippen molar-refractivity contribution in [2.24, 2.45) is 7.05 Å². The number of aromatic nitrogens is 3. The average molecular weight is 311 g/mol. The van der Waals surface area contributed by atoms with Crippen molar-refractivity contribution in [3.05, 3.63) is 35.8 Å². The van der Waals surface area contributed by atoms with Gasteiger partial charge in [0.2, 0.25) is 0 Å². The van der Waals surface area contributed by atoms with Crippen LogP contribution in [0.5, 0.6) is 5.75 Å². The molecule has 1 aliphatic heterocycles. The van der Waals surface area contributed by atoms with E-state index in [0.717, 1.165) is 31.6 Å². The predicted molar refractivity (Wildman–Crippen MR) is 95.1 cm³/mol. The molecule has 0 atom stereocenters. The lowest BCUT2D eigenvalue weighted by atomic mass is 10.0. The maximum absolute atomic E-state index is 5.40. The molecule has 0 saturated heterocycles. The zero-order valence-electron chi connectivity index (χ0n) is 13.4. The summed E-state index contributed by atoms with van der Waals surface area (Å²) in [5.41, 5.74) is 5.25. The van der Waals surface area contributed by atoms with E-state index in [1.807, 2.05) is 12.3 Å². The van der Waals surface area contributed by atoms with Crippen molar-refractivity contribution in [3.8, 4) is 17.1 Å². The van der Waals surface area contributed by atoms with Crippen LogP contribution in [0.1, 0.15) is 32.2 Å². The molecule has 0 unspecified atom stereocenters. The zero-order valence-corrected chi connectivity index (χ0v) is 13.4. The van der Waals surface area contributed by atoms with Gasteiger partial charge in [-0.2, -0.15) is 0 Å². The van der Waals surface area contributed by atoms with Gasteiger partial charge in [0.25, 0.3) is 0 Å². The zero-order chi connectivity index (χ0) is 15.3. The van der Waals surface area contributed by atoms with E-state index in [-0.39, 0.29) is 7.43 Å². The summed E-state index contributed by atoms with van der Waals surface area (Å²) < 4.78 is 10.1. The first-order valence-corrected chi connectivity index (χ1v) is 7.94. The predicted octanol–water partition coefficient (Wildman–Crippen LogP) is 4.20. The highest BCUT2D eigenvalue weighted by molar-refractivity contribution is 5.92. The van der Waals surface area contributed by atoms with Gasteiger partial charge in [-0.1, -0.05) is 14.4 Å². The fraction of sp³-hybridized carbons (Fsp3) is 0.421. The number of hydrogen-bond donors (Lipinski definition) is 0. The van der Waals surface area contributed by atoms with Gasteiger partial charge in [-0.15, -0.1) is 0 Å². The second-order valence-electron chi connectivity index (χ2n) is 5.98. The van der Waals surface area contributed by atoms with Crippen LogP contribution in [-0.4, -0.2) is 21.2 Å². The molecule has 23 heavy (non-hydrogen) atoms. The van der Waals surface area contributed by atoms with Crippen molar-refractivity contribution in [2.45, 2.75) is 40.2 Å². The maximum Gasteiger partial charge on any atom is 0.119 e. The Morgan fingerprint density at radius 3 is 2.87 bits per heavy atom. The van der Waals surface area contributed by atoms with E-state index < -0.39 is 0 Å². The second kappa shape index (κ2) is 5.76. The molecule has 3 aromatic rings.